The number of fused-ring (bicyclic) bond motifs is 1. The molecule has 0 saturated carbocycles. The van der Waals surface area contributed by atoms with E-state index in [0.29, 0.717) is 12.1 Å². The summed E-state index contributed by atoms with van der Waals surface area (Å²) in [6, 6.07) is 11.4. The van der Waals surface area contributed by atoms with Crippen molar-refractivity contribution in [2.24, 2.45) is 5.92 Å². The molecule has 1 aromatic heterocycles. The summed E-state index contributed by atoms with van der Waals surface area (Å²) in [5.41, 5.74) is 2.42. The SMILES string of the molecule is Cc1cccc(NC(=O)C(CC(C)C)NS(=O)(=O)c2ccc3nc(C)sc3c2)c1. The van der Waals surface area contributed by atoms with Crippen LogP contribution in [0.4, 0.5) is 5.69 Å². The van der Waals surface area contributed by atoms with Crippen molar-refractivity contribution in [1.82, 2.24) is 9.71 Å². The number of carbonyl (C=O) groups excluding carboxylic acids is 1. The molecule has 6 nitrogen and oxygen atoms in total. The van der Waals surface area contributed by atoms with Crippen LogP contribution in [0.15, 0.2) is 47.4 Å². The van der Waals surface area contributed by atoms with E-state index in [9.17, 15) is 13.2 Å². The van der Waals surface area contributed by atoms with Gasteiger partial charge < -0.3 is 5.32 Å². The van der Waals surface area contributed by atoms with Gasteiger partial charge >= 0.3 is 0 Å². The number of hydrogen-bond acceptors (Lipinski definition) is 5. The molecule has 0 aliphatic rings. The Morgan fingerprint density at radius 3 is 2.59 bits per heavy atom. The minimum Gasteiger partial charge on any atom is -0.325 e. The first-order chi connectivity index (χ1) is 13.6. The zero-order valence-corrected chi connectivity index (χ0v) is 18.5. The number of aryl methyl sites for hydroxylation is 2. The van der Waals surface area contributed by atoms with E-state index < -0.39 is 16.1 Å². The molecule has 154 valence electrons. The van der Waals surface area contributed by atoms with Gasteiger partial charge in [0.05, 0.1) is 20.1 Å². The fourth-order valence-corrected chi connectivity index (χ4v) is 5.25. The number of thiazole rings is 1. The van der Waals surface area contributed by atoms with Crippen LogP contribution in [0, 0.1) is 19.8 Å². The van der Waals surface area contributed by atoms with Gasteiger partial charge in [-0.25, -0.2) is 13.4 Å². The fourth-order valence-electron chi connectivity index (χ4n) is 3.07. The summed E-state index contributed by atoms with van der Waals surface area (Å²) >= 11 is 1.44. The van der Waals surface area contributed by atoms with Gasteiger partial charge in [0.15, 0.2) is 0 Å². The molecular formula is C21H25N3O3S2. The Morgan fingerprint density at radius 1 is 1.14 bits per heavy atom. The van der Waals surface area contributed by atoms with Crippen LogP contribution in [0.3, 0.4) is 0 Å². The maximum atomic E-state index is 13.0. The molecule has 3 aromatic rings. The average Bonchev–Trinajstić information content (AvgIpc) is 2.99. The third-order valence-corrected chi connectivity index (χ3v) is 6.79. The van der Waals surface area contributed by atoms with E-state index in [2.05, 4.69) is 15.0 Å². The molecule has 2 N–H and O–H groups in total. The van der Waals surface area contributed by atoms with Gasteiger partial charge in [-0.15, -0.1) is 11.3 Å². The highest BCUT2D eigenvalue weighted by Gasteiger charge is 2.27. The minimum absolute atomic E-state index is 0.130. The van der Waals surface area contributed by atoms with Gasteiger partial charge in [0.25, 0.3) is 0 Å². The van der Waals surface area contributed by atoms with Crippen LogP contribution in [0.2, 0.25) is 0 Å². The summed E-state index contributed by atoms with van der Waals surface area (Å²) in [5, 5.41) is 3.69. The summed E-state index contributed by atoms with van der Waals surface area (Å²) < 4.78 is 29.3. The summed E-state index contributed by atoms with van der Waals surface area (Å²) in [6.45, 7) is 7.72. The van der Waals surface area contributed by atoms with Crippen LogP contribution in [0.25, 0.3) is 10.2 Å². The second kappa shape index (κ2) is 8.61. The van der Waals surface area contributed by atoms with Gasteiger partial charge in [0.2, 0.25) is 15.9 Å². The quantitative estimate of drug-likeness (QED) is 0.585. The number of anilines is 1. The second-order valence-electron chi connectivity index (χ2n) is 7.52. The van der Waals surface area contributed by atoms with Gasteiger partial charge in [0, 0.05) is 5.69 Å². The lowest BCUT2D eigenvalue weighted by Crippen LogP contribution is -2.44. The van der Waals surface area contributed by atoms with Crippen LogP contribution in [-0.4, -0.2) is 25.4 Å². The first-order valence-electron chi connectivity index (χ1n) is 9.41. The number of hydrogen-bond donors (Lipinski definition) is 2. The van der Waals surface area contributed by atoms with Gasteiger partial charge in [-0.1, -0.05) is 26.0 Å². The number of sulfonamides is 1. The summed E-state index contributed by atoms with van der Waals surface area (Å²) in [5.74, 6) is -0.236. The third kappa shape index (κ3) is 5.41. The number of nitrogens with zero attached hydrogens (tertiary/aromatic N) is 1. The van der Waals surface area contributed by atoms with Gasteiger partial charge in [0.1, 0.15) is 6.04 Å². The van der Waals surface area contributed by atoms with Crippen molar-refractivity contribution in [2.45, 2.75) is 45.1 Å². The standard InChI is InChI=1S/C21H25N3O3S2/c1-13(2)10-19(21(25)23-16-7-5-6-14(3)11-16)24-29(26,27)17-8-9-18-20(12-17)28-15(4)22-18/h5-9,11-13,19,24H,10H2,1-4H3,(H,23,25). The summed E-state index contributed by atoms with van der Waals surface area (Å²) in [6.07, 6.45) is 0.388. The topological polar surface area (TPSA) is 88.2 Å². The van der Waals surface area contributed by atoms with Crippen molar-refractivity contribution in [1.29, 1.82) is 0 Å². The molecule has 0 aliphatic carbocycles. The Labute approximate surface area is 175 Å². The summed E-state index contributed by atoms with van der Waals surface area (Å²) in [7, 11) is -3.86. The molecule has 2 aromatic carbocycles. The predicted molar refractivity (Wildman–Crippen MR) is 118 cm³/mol. The number of nitrogens with one attached hydrogen (secondary N) is 2. The zero-order chi connectivity index (χ0) is 21.2. The van der Waals surface area contributed by atoms with Crippen molar-refractivity contribution < 1.29 is 13.2 Å². The van der Waals surface area contributed by atoms with E-state index in [1.807, 2.05) is 45.9 Å². The highest BCUT2D eigenvalue weighted by Crippen LogP contribution is 2.25. The maximum absolute atomic E-state index is 13.0. The van der Waals surface area contributed by atoms with Crippen LogP contribution >= 0.6 is 11.3 Å². The molecule has 1 amide bonds. The number of carbonyl (C=O) groups is 1. The molecule has 0 fully saturated rings. The monoisotopic (exact) mass is 431 g/mol. The first kappa shape index (κ1) is 21.4. The molecule has 1 heterocycles. The Bertz CT molecular complexity index is 1140. The van der Waals surface area contributed by atoms with Crippen LogP contribution in [0.5, 0.6) is 0 Å². The Hall–Kier alpha value is -2.29. The molecule has 8 heteroatoms. The number of benzene rings is 2. The molecule has 1 atom stereocenters. The smallest absolute Gasteiger partial charge is 0.242 e. The van der Waals surface area contributed by atoms with E-state index in [0.717, 1.165) is 20.8 Å². The van der Waals surface area contributed by atoms with Crippen LogP contribution in [-0.2, 0) is 14.8 Å². The highest BCUT2D eigenvalue weighted by molar-refractivity contribution is 7.89. The van der Waals surface area contributed by atoms with Crippen LogP contribution < -0.4 is 10.0 Å². The van der Waals surface area contributed by atoms with E-state index in [4.69, 9.17) is 0 Å². The van der Waals surface area contributed by atoms with Crippen molar-refractivity contribution >= 4 is 43.2 Å². The Balaban J connectivity index is 1.84. The lowest BCUT2D eigenvalue weighted by Gasteiger charge is -2.20. The Kier molecular flexibility index (Phi) is 6.36. The molecule has 0 spiro atoms. The number of amides is 1. The van der Waals surface area contributed by atoms with E-state index in [1.165, 1.54) is 17.4 Å². The van der Waals surface area contributed by atoms with Crippen molar-refractivity contribution in [3.05, 3.63) is 53.0 Å². The summed E-state index contributed by atoms with van der Waals surface area (Å²) in [4.78, 5) is 17.3. The Morgan fingerprint density at radius 2 is 1.90 bits per heavy atom. The molecule has 29 heavy (non-hydrogen) atoms. The minimum atomic E-state index is -3.86. The van der Waals surface area contributed by atoms with Crippen molar-refractivity contribution in [2.75, 3.05) is 5.32 Å². The molecule has 3 rings (SSSR count). The fraction of sp³-hybridized carbons (Fsp3) is 0.333. The maximum Gasteiger partial charge on any atom is 0.242 e. The zero-order valence-electron chi connectivity index (χ0n) is 16.9. The van der Waals surface area contributed by atoms with Crippen molar-refractivity contribution in [3.8, 4) is 0 Å². The number of aromatic nitrogens is 1. The van der Waals surface area contributed by atoms with E-state index in [-0.39, 0.29) is 16.7 Å². The highest BCUT2D eigenvalue weighted by atomic mass is 32.2. The average molecular weight is 432 g/mol. The lowest BCUT2D eigenvalue weighted by atomic mass is 10.0. The molecule has 1 unspecified atom stereocenters. The normalized spacial score (nSPS) is 13.0. The molecule has 0 aliphatic heterocycles. The van der Waals surface area contributed by atoms with Gasteiger partial charge in [-0.2, -0.15) is 4.72 Å². The largest absolute Gasteiger partial charge is 0.325 e. The molecule has 0 bridgehead atoms. The van der Waals surface area contributed by atoms with Gasteiger partial charge in [-0.3, -0.25) is 4.79 Å². The number of rotatable bonds is 7. The first-order valence-corrected chi connectivity index (χ1v) is 11.7. The molecule has 0 radical (unpaired) electrons. The van der Waals surface area contributed by atoms with Gasteiger partial charge in [-0.05, 0) is 62.1 Å². The van der Waals surface area contributed by atoms with Crippen LogP contribution in [0.1, 0.15) is 30.8 Å². The third-order valence-electron chi connectivity index (χ3n) is 4.38. The van der Waals surface area contributed by atoms with E-state index >= 15 is 0 Å². The van der Waals surface area contributed by atoms with E-state index in [1.54, 1.807) is 18.2 Å². The molecule has 0 saturated heterocycles. The second-order valence-corrected chi connectivity index (χ2v) is 10.5. The molecular weight excluding hydrogens is 406 g/mol. The lowest BCUT2D eigenvalue weighted by molar-refractivity contribution is -0.118. The predicted octanol–water partition coefficient (Wildman–Crippen LogP) is 4.24. The van der Waals surface area contributed by atoms with Crippen molar-refractivity contribution in [3.63, 3.8) is 0 Å².